The van der Waals surface area contributed by atoms with E-state index in [4.69, 9.17) is 35.8 Å². The minimum atomic E-state index is -2.98. The highest BCUT2D eigenvalue weighted by atomic mass is 35.9. The topological polar surface area (TPSA) is 44.8 Å². The molecule has 0 aromatic rings. The number of hydrogen-bond donors (Lipinski definition) is 0. The van der Waals surface area contributed by atoms with Gasteiger partial charge in [-0.1, -0.05) is 0 Å². The highest BCUT2D eigenvalue weighted by Gasteiger charge is 2.37. The number of rotatable bonds is 7. The van der Waals surface area contributed by atoms with Gasteiger partial charge in [-0.25, -0.2) is 0 Å². The molecular formula is C6H15Cl2O4PSi. The van der Waals surface area contributed by atoms with Crippen LogP contribution in [0.2, 0.25) is 6.04 Å². The van der Waals surface area contributed by atoms with E-state index in [1.807, 2.05) is 0 Å². The zero-order valence-corrected chi connectivity index (χ0v) is 11.9. The van der Waals surface area contributed by atoms with E-state index in [1.54, 1.807) is 0 Å². The first-order chi connectivity index (χ1) is 6.39. The van der Waals surface area contributed by atoms with Crippen LogP contribution in [0.4, 0.5) is 0 Å². The van der Waals surface area contributed by atoms with Crippen molar-refractivity contribution in [1.29, 1.82) is 0 Å². The molecule has 0 aliphatic heterocycles. The van der Waals surface area contributed by atoms with Crippen LogP contribution in [-0.2, 0) is 17.8 Å². The molecule has 0 unspecified atom stereocenters. The second-order valence-electron chi connectivity index (χ2n) is 2.69. The molecule has 0 amide bonds. The molecule has 0 fully saturated rings. The van der Waals surface area contributed by atoms with Crippen molar-refractivity contribution in [3.63, 3.8) is 0 Å². The van der Waals surface area contributed by atoms with Gasteiger partial charge in [-0.05, 0) is 28.9 Å². The molecule has 0 saturated heterocycles. The van der Waals surface area contributed by atoms with Crippen molar-refractivity contribution in [1.82, 2.24) is 0 Å². The predicted octanol–water partition coefficient (Wildman–Crippen LogP) is 2.93. The fourth-order valence-corrected chi connectivity index (χ4v) is 4.30. The van der Waals surface area contributed by atoms with Crippen molar-refractivity contribution >= 4 is 37.1 Å². The maximum atomic E-state index is 11.0. The van der Waals surface area contributed by atoms with Crippen LogP contribution in [0, 0.1) is 0 Å². The van der Waals surface area contributed by atoms with E-state index < -0.39 is 14.7 Å². The maximum absolute atomic E-state index is 11.0. The third-order valence-corrected chi connectivity index (χ3v) is 6.52. The second kappa shape index (κ2) is 6.48. The first-order valence-electron chi connectivity index (χ1n) is 4.03. The van der Waals surface area contributed by atoms with Gasteiger partial charge in [0.2, 0.25) is 0 Å². The average Bonchev–Trinajstić information content (AvgIpc) is 2.11. The second-order valence-corrected chi connectivity index (χ2v) is 11.2. The Bertz CT molecular complexity index is 198. The van der Waals surface area contributed by atoms with Gasteiger partial charge in [0.05, 0.1) is 0 Å². The van der Waals surface area contributed by atoms with E-state index in [9.17, 15) is 4.57 Å². The van der Waals surface area contributed by atoms with Crippen molar-refractivity contribution in [2.24, 2.45) is 0 Å². The van der Waals surface area contributed by atoms with Crippen LogP contribution in [0.1, 0.15) is 6.42 Å². The van der Waals surface area contributed by atoms with Crippen LogP contribution in [0.5, 0.6) is 0 Å². The molecule has 0 aromatic heterocycles. The summed E-state index contributed by atoms with van der Waals surface area (Å²) in [6, 6.07) is 0.555. The Morgan fingerprint density at radius 3 is 1.86 bits per heavy atom. The Morgan fingerprint density at radius 2 is 1.57 bits per heavy atom. The third-order valence-electron chi connectivity index (χ3n) is 1.83. The molecule has 0 aliphatic rings. The minimum absolute atomic E-state index is 0.251. The van der Waals surface area contributed by atoms with Gasteiger partial charge >= 0.3 is 8.80 Å². The highest BCUT2D eigenvalue weighted by molar-refractivity contribution is 8.08. The van der Waals surface area contributed by atoms with Crippen molar-refractivity contribution in [3.8, 4) is 0 Å². The summed E-state index contributed by atoms with van der Waals surface area (Å²) in [5, 5.41) is 0. The summed E-state index contributed by atoms with van der Waals surface area (Å²) in [6.45, 7) is 0. The van der Waals surface area contributed by atoms with E-state index in [-0.39, 0.29) is 6.16 Å². The van der Waals surface area contributed by atoms with E-state index >= 15 is 0 Å². The van der Waals surface area contributed by atoms with Crippen LogP contribution in [-0.4, -0.2) is 36.3 Å². The summed E-state index contributed by atoms with van der Waals surface area (Å²) < 4.78 is 26.5. The van der Waals surface area contributed by atoms with Crippen LogP contribution in [0.3, 0.4) is 0 Å². The standard InChI is InChI=1S/C6H15Cl2O4PSi/c1-10-14(11-2,12-3)6-4-5-13(7,8)9/h4-6H2,1-3H3. The summed E-state index contributed by atoms with van der Waals surface area (Å²) in [5.74, 6) is -2.98. The van der Waals surface area contributed by atoms with Crippen molar-refractivity contribution in [2.75, 3.05) is 27.5 Å². The SMILES string of the molecule is CO[Si](CCCP(=O)(Cl)Cl)(OC)OC. The lowest BCUT2D eigenvalue weighted by atomic mass is 10.6. The Balaban J connectivity index is 4.01. The van der Waals surface area contributed by atoms with Gasteiger partial charge in [-0.15, -0.1) is 0 Å². The summed E-state index contributed by atoms with van der Waals surface area (Å²) in [6.07, 6.45) is 0.812. The number of halogens is 2. The molecule has 8 heteroatoms. The summed E-state index contributed by atoms with van der Waals surface area (Å²) in [7, 11) is 2.03. The predicted molar refractivity (Wildman–Crippen MR) is 60.4 cm³/mol. The third kappa shape index (κ3) is 5.71. The van der Waals surface area contributed by atoms with Gasteiger partial charge in [0, 0.05) is 33.5 Å². The quantitative estimate of drug-likeness (QED) is 0.531. The molecule has 0 saturated carbocycles. The van der Waals surface area contributed by atoms with Crippen LogP contribution in [0.25, 0.3) is 0 Å². The highest BCUT2D eigenvalue weighted by Crippen LogP contribution is 2.57. The van der Waals surface area contributed by atoms with Gasteiger partial charge in [0.15, 0.2) is 0 Å². The van der Waals surface area contributed by atoms with Crippen LogP contribution in [0.15, 0.2) is 0 Å². The fraction of sp³-hybridized carbons (Fsp3) is 1.00. The molecule has 0 atom stereocenters. The lowest BCUT2D eigenvalue weighted by molar-refractivity contribution is 0.123. The average molecular weight is 281 g/mol. The first-order valence-corrected chi connectivity index (χ1v) is 9.66. The zero-order valence-electron chi connectivity index (χ0n) is 8.46. The largest absolute Gasteiger partial charge is 0.500 e. The lowest BCUT2D eigenvalue weighted by Gasteiger charge is -2.24. The fourth-order valence-electron chi connectivity index (χ4n) is 1.04. The van der Waals surface area contributed by atoms with Crippen LogP contribution < -0.4 is 0 Å². The molecule has 4 nitrogen and oxygen atoms in total. The normalized spacial score (nSPS) is 13.2. The molecule has 86 valence electrons. The summed E-state index contributed by atoms with van der Waals surface area (Å²) in [4.78, 5) is 0. The molecule has 0 N–H and O–H groups in total. The van der Waals surface area contributed by atoms with Crippen molar-refractivity contribution in [2.45, 2.75) is 12.5 Å². The Kier molecular flexibility index (Phi) is 6.90. The van der Waals surface area contributed by atoms with Gasteiger partial charge in [0.1, 0.15) is 0 Å². The maximum Gasteiger partial charge on any atom is 0.500 e. The van der Waals surface area contributed by atoms with E-state index in [1.165, 1.54) is 21.3 Å². The summed E-state index contributed by atoms with van der Waals surface area (Å²) >= 11 is 10.8. The molecule has 0 spiro atoms. The van der Waals surface area contributed by atoms with Crippen molar-refractivity contribution < 1.29 is 17.8 Å². The van der Waals surface area contributed by atoms with E-state index in [0.717, 1.165) is 0 Å². The molecule has 0 heterocycles. The van der Waals surface area contributed by atoms with E-state index in [2.05, 4.69) is 0 Å². The van der Waals surface area contributed by atoms with Gasteiger partial charge in [-0.2, -0.15) is 0 Å². The summed E-state index contributed by atoms with van der Waals surface area (Å²) in [5.41, 5.74) is 0. The van der Waals surface area contributed by atoms with Gasteiger partial charge in [0.25, 0.3) is 5.85 Å². The van der Waals surface area contributed by atoms with E-state index in [0.29, 0.717) is 12.5 Å². The first kappa shape index (κ1) is 14.9. The Morgan fingerprint density at radius 1 is 1.14 bits per heavy atom. The molecule has 0 aliphatic carbocycles. The molecular weight excluding hydrogens is 266 g/mol. The Labute approximate surface area is 95.1 Å². The lowest BCUT2D eigenvalue weighted by Crippen LogP contribution is -2.42. The van der Waals surface area contributed by atoms with Gasteiger partial charge in [-0.3, -0.25) is 4.57 Å². The van der Waals surface area contributed by atoms with Crippen LogP contribution >= 0.6 is 28.3 Å². The molecule has 0 aromatic carbocycles. The molecule has 0 rings (SSSR count). The zero-order chi connectivity index (χ0) is 11.2. The monoisotopic (exact) mass is 280 g/mol. The molecule has 0 bridgehead atoms. The number of hydrogen-bond acceptors (Lipinski definition) is 4. The minimum Gasteiger partial charge on any atom is -0.377 e. The Hall–Kier alpha value is 0.907. The smallest absolute Gasteiger partial charge is 0.377 e. The molecule has 14 heavy (non-hydrogen) atoms. The molecule has 0 radical (unpaired) electrons. The van der Waals surface area contributed by atoms with Crippen molar-refractivity contribution in [3.05, 3.63) is 0 Å². The van der Waals surface area contributed by atoms with Gasteiger partial charge < -0.3 is 13.3 Å².